The molecule has 1 aliphatic rings. The number of nitrogens with one attached hydrogen (secondary N) is 1. The molecule has 1 saturated heterocycles. The minimum absolute atomic E-state index is 0.0846. The number of pyridine rings is 1. The summed E-state index contributed by atoms with van der Waals surface area (Å²) in [6.07, 6.45) is 4.24. The van der Waals surface area contributed by atoms with Crippen LogP contribution in [0, 0.1) is 0 Å². The molecule has 0 bridgehead atoms. The number of anilines is 1. The van der Waals surface area contributed by atoms with E-state index in [1.54, 1.807) is 4.90 Å². The first kappa shape index (κ1) is 14.4. The minimum Gasteiger partial charge on any atom is -0.373 e. The average molecular weight is 299 g/mol. The third kappa shape index (κ3) is 3.04. The highest BCUT2D eigenvalue weighted by atomic mass is 16.5. The third-order valence-electron chi connectivity index (χ3n) is 3.52. The molecule has 0 aliphatic carbocycles. The van der Waals surface area contributed by atoms with Crippen LogP contribution in [0.5, 0.6) is 0 Å². The Labute approximate surface area is 128 Å². The van der Waals surface area contributed by atoms with Gasteiger partial charge in [0.2, 0.25) is 0 Å². The number of rotatable bonds is 3. The van der Waals surface area contributed by atoms with Gasteiger partial charge >= 0.3 is 0 Å². The van der Waals surface area contributed by atoms with E-state index in [9.17, 15) is 4.79 Å². The lowest BCUT2D eigenvalue weighted by Crippen LogP contribution is -2.42. The molecule has 1 N–H and O–H groups in total. The van der Waals surface area contributed by atoms with Crippen molar-refractivity contribution in [3.63, 3.8) is 0 Å². The molecule has 0 unspecified atom stereocenters. The van der Waals surface area contributed by atoms with Crippen molar-refractivity contribution in [1.82, 2.24) is 19.9 Å². The number of morpholine rings is 1. The van der Waals surface area contributed by atoms with Crippen LogP contribution < -0.4 is 5.32 Å². The van der Waals surface area contributed by atoms with Gasteiger partial charge in [0.25, 0.3) is 5.91 Å². The number of hydrogen-bond acceptors (Lipinski definition) is 6. The molecule has 1 aliphatic heterocycles. The first-order chi connectivity index (χ1) is 10.8. The van der Waals surface area contributed by atoms with Crippen molar-refractivity contribution >= 4 is 11.7 Å². The summed E-state index contributed by atoms with van der Waals surface area (Å²) in [5.74, 6) is 0.694. The summed E-state index contributed by atoms with van der Waals surface area (Å²) in [5, 5.41) is 3.00. The first-order valence-corrected chi connectivity index (χ1v) is 7.08. The fourth-order valence-electron chi connectivity index (χ4n) is 2.37. The van der Waals surface area contributed by atoms with Crippen molar-refractivity contribution in [2.24, 2.45) is 0 Å². The fourth-order valence-corrected chi connectivity index (χ4v) is 2.37. The van der Waals surface area contributed by atoms with Gasteiger partial charge in [0.05, 0.1) is 24.4 Å². The topological polar surface area (TPSA) is 80.2 Å². The molecule has 0 spiro atoms. The molecule has 114 valence electrons. The lowest BCUT2D eigenvalue weighted by atomic mass is 10.1. The monoisotopic (exact) mass is 299 g/mol. The molecule has 2 aromatic heterocycles. The number of ether oxygens (including phenoxy) is 1. The fraction of sp³-hybridized carbons (Fsp3) is 0.333. The van der Waals surface area contributed by atoms with Crippen molar-refractivity contribution in [2.75, 3.05) is 32.1 Å². The van der Waals surface area contributed by atoms with E-state index in [0.717, 1.165) is 11.5 Å². The molecule has 1 fully saturated rings. The Hall–Kier alpha value is -2.54. The van der Waals surface area contributed by atoms with Gasteiger partial charge in [-0.15, -0.1) is 0 Å². The van der Waals surface area contributed by atoms with Crippen LogP contribution in [0.15, 0.2) is 36.9 Å². The Balaban J connectivity index is 1.75. The molecule has 2 aromatic rings. The minimum atomic E-state index is -0.226. The zero-order chi connectivity index (χ0) is 15.4. The van der Waals surface area contributed by atoms with E-state index in [0.29, 0.717) is 25.3 Å². The lowest BCUT2D eigenvalue weighted by molar-refractivity contribution is -0.0247. The molecule has 22 heavy (non-hydrogen) atoms. The van der Waals surface area contributed by atoms with E-state index in [1.165, 1.54) is 18.7 Å². The van der Waals surface area contributed by atoms with Crippen molar-refractivity contribution in [3.05, 3.63) is 48.2 Å². The second-order valence-electron chi connectivity index (χ2n) is 4.94. The summed E-state index contributed by atoms with van der Waals surface area (Å²) in [6.45, 7) is 1.50. The smallest absolute Gasteiger partial charge is 0.257 e. The van der Waals surface area contributed by atoms with Crippen molar-refractivity contribution in [1.29, 1.82) is 0 Å². The lowest BCUT2D eigenvalue weighted by Gasteiger charge is -2.32. The van der Waals surface area contributed by atoms with Crippen LogP contribution in [0.1, 0.15) is 22.2 Å². The number of hydrogen-bond donors (Lipinski definition) is 1. The summed E-state index contributed by atoms with van der Waals surface area (Å²) in [5.41, 5.74) is 1.30. The van der Waals surface area contributed by atoms with E-state index >= 15 is 0 Å². The van der Waals surface area contributed by atoms with Crippen molar-refractivity contribution < 1.29 is 9.53 Å². The Kier molecular flexibility index (Phi) is 4.24. The predicted octanol–water partition coefficient (Wildman–Crippen LogP) is 1.13. The van der Waals surface area contributed by atoms with Gasteiger partial charge in [0, 0.05) is 26.0 Å². The second-order valence-corrected chi connectivity index (χ2v) is 4.94. The number of nitrogens with zero attached hydrogens (tertiary/aromatic N) is 4. The van der Waals surface area contributed by atoms with Gasteiger partial charge in [0.1, 0.15) is 18.2 Å². The molecule has 7 nitrogen and oxygen atoms in total. The Morgan fingerprint density at radius 1 is 1.36 bits per heavy atom. The highest BCUT2D eigenvalue weighted by Gasteiger charge is 2.27. The summed E-state index contributed by atoms with van der Waals surface area (Å²) in [7, 11) is 1.82. The Morgan fingerprint density at radius 3 is 2.95 bits per heavy atom. The second kappa shape index (κ2) is 6.48. The quantitative estimate of drug-likeness (QED) is 0.915. The van der Waals surface area contributed by atoms with Crippen LogP contribution in [-0.4, -0.2) is 52.5 Å². The van der Waals surface area contributed by atoms with Gasteiger partial charge in [-0.2, -0.15) is 0 Å². The van der Waals surface area contributed by atoms with E-state index in [4.69, 9.17) is 4.74 Å². The van der Waals surface area contributed by atoms with E-state index in [-0.39, 0.29) is 12.0 Å². The number of carbonyl (C=O) groups excluding carboxylic acids is 1. The zero-order valence-electron chi connectivity index (χ0n) is 12.3. The predicted molar refractivity (Wildman–Crippen MR) is 80.4 cm³/mol. The number of carbonyl (C=O) groups is 1. The third-order valence-corrected chi connectivity index (χ3v) is 3.52. The normalized spacial score (nSPS) is 18.0. The van der Waals surface area contributed by atoms with Crippen LogP contribution >= 0.6 is 0 Å². The van der Waals surface area contributed by atoms with Crippen LogP contribution in [0.2, 0.25) is 0 Å². The standard InChI is InChI=1S/C15H17N5O2/c1-16-14-4-2-3-12(19-14)13-9-20(5-6-22-13)15(21)11-7-17-10-18-8-11/h2-4,7-8,10,13H,5-6,9H2,1H3,(H,16,19)/t13-/m0/s1. The van der Waals surface area contributed by atoms with Gasteiger partial charge in [-0.3, -0.25) is 4.79 Å². The van der Waals surface area contributed by atoms with Gasteiger partial charge in [-0.1, -0.05) is 6.07 Å². The van der Waals surface area contributed by atoms with Crippen LogP contribution in [-0.2, 0) is 4.74 Å². The van der Waals surface area contributed by atoms with Crippen molar-refractivity contribution in [2.45, 2.75) is 6.10 Å². The molecule has 7 heteroatoms. The van der Waals surface area contributed by atoms with E-state index in [1.807, 2.05) is 25.2 Å². The molecule has 3 heterocycles. The molecule has 0 aromatic carbocycles. The summed E-state index contributed by atoms with van der Waals surface area (Å²) >= 11 is 0. The Morgan fingerprint density at radius 2 is 2.18 bits per heavy atom. The number of amides is 1. The highest BCUT2D eigenvalue weighted by molar-refractivity contribution is 5.93. The zero-order valence-corrected chi connectivity index (χ0v) is 12.3. The summed E-state index contributed by atoms with van der Waals surface area (Å²) in [4.78, 5) is 26.5. The molecule has 3 rings (SSSR count). The maximum atomic E-state index is 12.5. The van der Waals surface area contributed by atoms with E-state index in [2.05, 4.69) is 20.3 Å². The van der Waals surface area contributed by atoms with E-state index < -0.39 is 0 Å². The molecule has 1 atom stereocenters. The first-order valence-electron chi connectivity index (χ1n) is 7.08. The molecule has 0 radical (unpaired) electrons. The van der Waals surface area contributed by atoms with Gasteiger partial charge in [-0.05, 0) is 12.1 Å². The van der Waals surface area contributed by atoms with Crippen LogP contribution in [0.4, 0.5) is 5.82 Å². The Bertz CT molecular complexity index is 649. The average Bonchev–Trinajstić information content (AvgIpc) is 2.62. The van der Waals surface area contributed by atoms with Crippen molar-refractivity contribution in [3.8, 4) is 0 Å². The highest BCUT2D eigenvalue weighted by Crippen LogP contribution is 2.22. The summed E-state index contributed by atoms with van der Waals surface area (Å²) in [6, 6.07) is 5.71. The SMILES string of the molecule is CNc1cccc([C@@H]2CN(C(=O)c3cncnc3)CCO2)n1. The van der Waals surface area contributed by atoms with Gasteiger partial charge in [0.15, 0.2) is 0 Å². The molecule has 1 amide bonds. The molecular weight excluding hydrogens is 282 g/mol. The summed E-state index contributed by atoms with van der Waals surface area (Å²) < 4.78 is 5.76. The maximum absolute atomic E-state index is 12.5. The number of aromatic nitrogens is 3. The van der Waals surface area contributed by atoms with Crippen LogP contribution in [0.3, 0.4) is 0 Å². The van der Waals surface area contributed by atoms with Gasteiger partial charge in [-0.25, -0.2) is 15.0 Å². The van der Waals surface area contributed by atoms with Gasteiger partial charge < -0.3 is 15.0 Å². The maximum Gasteiger partial charge on any atom is 0.257 e. The van der Waals surface area contributed by atoms with Crippen LogP contribution in [0.25, 0.3) is 0 Å². The molecular formula is C15H17N5O2. The molecule has 0 saturated carbocycles. The largest absolute Gasteiger partial charge is 0.373 e.